The Morgan fingerprint density at radius 1 is 1.32 bits per heavy atom. The van der Waals surface area contributed by atoms with Gasteiger partial charge in [0.2, 0.25) is 0 Å². The number of hydrogen-bond donors (Lipinski definition) is 3. The van der Waals surface area contributed by atoms with Crippen molar-refractivity contribution < 1.29 is 4.74 Å². The molecule has 0 fully saturated rings. The molecule has 0 bridgehead atoms. The summed E-state index contributed by atoms with van der Waals surface area (Å²) in [5.74, 6) is 7.54. The van der Waals surface area contributed by atoms with Gasteiger partial charge in [-0.15, -0.1) is 0 Å². The minimum Gasteiger partial charge on any atom is -0.486 e. The lowest BCUT2D eigenvalue weighted by atomic mass is 10.2. The molecule has 134 valence electrons. The molecule has 0 unspecified atom stereocenters. The summed E-state index contributed by atoms with van der Waals surface area (Å²) in [7, 11) is 0. The monoisotopic (exact) mass is 382 g/mol. The number of rotatable bonds is 6. The van der Waals surface area contributed by atoms with Crippen LogP contribution in [0.3, 0.4) is 0 Å². The largest absolute Gasteiger partial charge is 0.486 e. The number of allylic oxidation sites excluding steroid dienone is 1. The molecule has 2 rings (SSSR count). The van der Waals surface area contributed by atoms with E-state index in [1.165, 1.54) is 5.01 Å². The molecule has 0 spiro atoms. The molecule has 9 heteroatoms. The fraction of sp³-hybridized carbons (Fsp3) is 0.250. The number of benzene rings is 1. The molecular formula is C16H20Cl2N6O. The maximum atomic E-state index is 6.06. The first-order valence-electron chi connectivity index (χ1n) is 7.41. The Hall–Kier alpha value is -2.22. The van der Waals surface area contributed by atoms with E-state index in [4.69, 9.17) is 45.2 Å². The second-order valence-electron chi connectivity index (χ2n) is 5.43. The van der Waals surface area contributed by atoms with Crippen LogP contribution in [0, 0.1) is 6.92 Å². The molecule has 1 aromatic heterocycles. The first kappa shape index (κ1) is 19.1. The molecule has 1 heterocycles. The number of hydrazine groups is 1. The fourth-order valence-electron chi connectivity index (χ4n) is 1.97. The van der Waals surface area contributed by atoms with Crippen LogP contribution in [0.1, 0.15) is 18.3 Å². The Labute approximate surface area is 156 Å². The van der Waals surface area contributed by atoms with Crippen LogP contribution in [0.2, 0.25) is 10.0 Å². The van der Waals surface area contributed by atoms with E-state index >= 15 is 0 Å². The summed E-state index contributed by atoms with van der Waals surface area (Å²) < 4.78 is 5.61. The number of anilines is 1. The quantitative estimate of drug-likeness (QED) is 0.519. The topological polar surface area (TPSA) is 116 Å². The van der Waals surface area contributed by atoms with Gasteiger partial charge in [0.15, 0.2) is 0 Å². The number of aryl methyl sites for hydroxylation is 1. The number of hydrogen-bond acceptors (Lipinski definition) is 7. The molecule has 0 aliphatic carbocycles. The summed E-state index contributed by atoms with van der Waals surface area (Å²) in [5.41, 5.74) is 13.8. The number of nitrogen functional groups attached to an aromatic ring is 1. The molecule has 0 aliphatic rings. The van der Waals surface area contributed by atoms with Crippen molar-refractivity contribution in [1.29, 1.82) is 0 Å². The molecule has 0 atom stereocenters. The SMILES string of the molecule is C/C(=C(/N)COc1ccc(Cl)cc1Cl)N(N)Cc1cnc(C)nc1N. The fourth-order valence-corrected chi connectivity index (χ4v) is 2.44. The third-order valence-electron chi connectivity index (χ3n) is 3.53. The van der Waals surface area contributed by atoms with Gasteiger partial charge in [-0.25, -0.2) is 15.8 Å². The zero-order valence-electron chi connectivity index (χ0n) is 14.0. The van der Waals surface area contributed by atoms with Crippen LogP contribution in [0.4, 0.5) is 5.82 Å². The second kappa shape index (κ2) is 8.24. The molecule has 0 saturated carbocycles. The average Bonchev–Trinajstić information content (AvgIpc) is 2.55. The summed E-state index contributed by atoms with van der Waals surface area (Å²) in [6, 6.07) is 4.96. The minimum absolute atomic E-state index is 0.126. The van der Waals surface area contributed by atoms with Gasteiger partial charge in [0.25, 0.3) is 0 Å². The van der Waals surface area contributed by atoms with E-state index in [-0.39, 0.29) is 6.61 Å². The van der Waals surface area contributed by atoms with Gasteiger partial charge in [0, 0.05) is 22.5 Å². The Balaban J connectivity index is 2.04. The molecule has 6 N–H and O–H groups in total. The van der Waals surface area contributed by atoms with Crippen molar-refractivity contribution >= 4 is 29.0 Å². The zero-order chi connectivity index (χ0) is 18.6. The van der Waals surface area contributed by atoms with Gasteiger partial charge in [-0.2, -0.15) is 0 Å². The van der Waals surface area contributed by atoms with Crippen molar-refractivity contribution in [2.75, 3.05) is 12.3 Å². The van der Waals surface area contributed by atoms with Crippen molar-refractivity contribution in [2.24, 2.45) is 11.6 Å². The van der Waals surface area contributed by atoms with Crippen LogP contribution in [-0.4, -0.2) is 21.6 Å². The molecule has 0 amide bonds. The predicted octanol–water partition coefficient (Wildman–Crippen LogP) is 2.62. The van der Waals surface area contributed by atoms with Crippen LogP contribution in [0.25, 0.3) is 0 Å². The van der Waals surface area contributed by atoms with Crippen LogP contribution in [-0.2, 0) is 6.54 Å². The summed E-state index contributed by atoms with van der Waals surface area (Å²) in [4.78, 5) is 8.23. The molecule has 1 aromatic carbocycles. The van der Waals surface area contributed by atoms with E-state index in [0.29, 0.717) is 50.9 Å². The molecule has 7 nitrogen and oxygen atoms in total. The highest BCUT2D eigenvalue weighted by atomic mass is 35.5. The van der Waals surface area contributed by atoms with Crippen LogP contribution < -0.4 is 22.0 Å². The van der Waals surface area contributed by atoms with Gasteiger partial charge >= 0.3 is 0 Å². The molecule has 2 aromatic rings. The van der Waals surface area contributed by atoms with E-state index < -0.39 is 0 Å². The van der Waals surface area contributed by atoms with E-state index in [2.05, 4.69) is 9.97 Å². The lowest BCUT2D eigenvalue weighted by Crippen LogP contribution is -2.32. The third kappa shape index (κ3) is 5.12. The van der Waals surface area contributed by atoms with Crippen LogP contribution in [0.15, 0.2) is 35.8 Å². The molecular weight excluding hydrogens is 363 g/mol. The highest BCUT2D eigenvalue weighted by Crippen LogP contribution is 2.27. The average molecular weight is 383 g/mol. The van der Waals surface area contributed by atoms with E-state index in [9.17, 15) is 0 Å². The van der Waals surface area contributed by atoms with Crippen molar-refractivity contribution in [3.05, 3.63) is 57.2 Å². The number of halogens is 2. The predicted molar refractivity (Wildman–Crippen MR) is 99.8 cm³/mol. The van der Waals surface area contributed by atoms with Crippen molar-refractivity contribution in [1.82, 2.24) is 15.0 Å². The van der Waals surface area contributed by atoms with Gasteiger partial charge in [-0.05, 0) is 32.0 Å². The first-order chi connectivity index (χ1) is 11.8. The summed E-state index contributed by atoms with van der Waals surface area (Å²) >= 11 is 11.9. The Bertz CT molecular complexity index is 796. The lowest BCUT2D eigenvalue weighted by molar-refractivity contribution is 0.318. The van der Waals surface area contributed by atoms with Crippen molar-refractivity contribution in [3.8, 4) is 5.75 Å². The third-order valence-corrected chi connectivity index (χ3v) is 4.06. The maximum Gasteiger partial charge on any atom is 0.138 e. The summed E-state index contributed by atoms with van der Waals surface area (Å²) in [6.45, 7) is 4.00. The van der Waals surface area contributed by atoms with Crippen LogP contribution >= 0.6 is 23.2 Å². The van der Waals surface area contributed by atoms with E-state index in [1.807, 2.05) is 0 Å². The number of nitrogens with zero attached hydrogens (tertiary/aromatic N) is 3. The highest BCUT2D eigenvalue weighted by molar-refractivity contribution is 6.35. The second-order valence-corrected chi connectivity index (χ2v) is 6.27. The maximum absolute atomic E-state index is 6.06. The van der Waals surface area contributed by atoms with Crippen molar-refractivity contribution in [3.63, 3.8) is 0 Å². The highest BCUT2D eigenvalue weighted by Gasteiger charge is 2.11. The first-order valence-corrected chi connectivity index (χ1v) is 8.16. The van der Waals surface area contributed by atoms with Gasteiger partial charge < -0.3 is 21.2 Å². The van der Waals surface area contributed by atoms with Crippen LogP contribution in [0.5, 0.6) is 5.75 Å². The number of nitrogens with two attached hydrogens (primary N) is 3. The van der Waals surface area contributed by atoms with Gasteiger partial charge in [0.05, 0.1) is 17.3 Å². The summed E-state index contributed by atoms with van der Waals surface area (Å²) in [6.07, 6.45) is 1.64. The number of aromatic nitrogens is 2. The zero-order valence-corrected chi connectivity index (χ0v) is 15.5. The van der Waals surface area contributed by atoms with Gasteiger partial charge in [-0.1, -0.05) is 23.2 Å². The molecule has 25 heavy (non-hydrogen) atoms. The molecule has 0 radical (unpaired) electrons. The lowest BCUT2D eigenvalue weighted by Gasteiger charge is -2.22. The van der Waals surface area contributed by atoms with E-state index in [1.54, 1.807) is 38.2 Å². The Kier molecular flexibility index (Phi) is 6.30. The standard InChI is InChI=1S/C16H20Cl2N6O/c1-9(24(21)7-11-6-22-10(2)23-16(11)20)14(19)8-25-15-4-3-12(17)5-13(15)18/h3-6H,7-8,19,21H2,1-2H3,(H2,20,22,23)/b14-9-. The van der Waals surface area contributed by atoms with E-state index in [0.717, 1.165) is 0 Å². The van der Waals surface area contributed by atoms with Crippen molar-refractivity contribution in [2.45, 2.75) is 20.4 Å². The minimum atomic E-state index is 0.126. The van der Waals surface area contributed by atoms with Gasteiger partial charge in [-0.3, -0.25) is 0 Å². The van der Waals surface area contributed by atoms with Gasteiger partial charge in [0.1, 0.15) is 24.0 Å². The molecule has 0 saturated heterocycles. The smallest absolute Gasteiger partial charge is 0.138 e. The Morgan fingerprint density at radius 3 is 2.68 bits per heavy atom. The molecule has 0 aliphatic heterocycles. The number of ether oxygens (including phenoxy) is 1. The summed E-state index contributed by atoms with van der Waals surface area (Å²) in [5, 5.41) is 2.40. The Morgan fingerprint density at radius 2 is 2.04 bits per heavy atom. The normalized spacial score (nSPS) is 11.9.